The van der Waals surface area contributed by atoms with E-state index in [1.165, 1.54) is 0 Å². The highest BCUT2D eigenvalue weighted by molar-refractivity contribution is 5.78. The van der Waals surface area contributed by atoms with Crippen LogP contribution in [0.15, 0.2) is 47.3 Å². The van der Waals surface area contributed by atoms with Gasteiger partial charge in [0.25, 0.3) is 5.56 Å². The van der Waals surface area contributed by atoms with Crippen LogP contribution in [-0.4, -0.2) is 49.5 Å². The van der Waals surface area contributed by atoms with Gasteiger partial charge in [0, 0.05) is 29.4 Å². The van der Waals surface area contributed by atoms with Crippen LogP contribution in [0, 0.1) is 5.92 Å². The van der Waals surface area contributed by atoms with E-state index in [9.17, 15) is 9.59 Å². The lowest BCUT2D eigenvalue weighted by Crippen LogP contribution is -2.14. The predicted octanol–water partition coefficient (Wildman–Crippen LogP) is 2.37. The van der Waals surface area contributed by atoms with E-state index in [-0.39, 0.29) is 24.6 Å². The number of hydrogen-bond acceptors (Lipinski definition) is 7. The molecule has 2 aliphatic rings. The Morgan fingerprint density at radius 2 is 2.03 bits per heavy atom. The van der Waals surface area contributed by atoms with Gasteiger partial charge >= 0.3 is 5.97 Å². The Morgan fingerprint density at radius 3 is 2.71 bits per heavy atom. The van der Waals surface area contributed by atoms with Gasteiger partial charge in [0.2, 0.25) is 5.82 Å². The maximum atomic E-state index is 12.7. The van der Waals surface area contributed by atoms with Gasteiger partial charge in [-0.05, 0) is 54.2 Å². The molecular weight excluding hydrogens is 438 g/mol. The number of aliphatic carboxylic acids is 1. The first-order valence-electron chi connectivity index (χ1n) is 11.3. The SMILES string of the molecule is O=C(O)Cn1nnc(COc2ccc(/C(=C\[C@H]3CCOC3)c3ccc(C4CC4)c(=O)[nH]3)cc2)n1. The van der Waals surface area contributed by atoms with Crippen molar-refractivity contribution in [3.8, 4) is 5.75 Å². The topological polar surface area (TPSA) is 132 Å². The molecule has 0 bridgehead atoms. The van der Waals surface area contributed by atoms with Crippen LogP contribution >= 0.6 is 0 Å². The summed E-state index contributed by atoms with van der Waals surface area (Å²) in [6.45, 7) is 1.12. The third kappa shape index (κ3) is 5.23. The molecule has 1 atom stereocenters. The Hall–Kier alpha value is -3.79. The fraction of sp³-hybridized carbons (Fsp3) is 0.375. The quantitative estimate of drug-likeness (QED) is 0.494. The molecule has 2 aromatic heterocycles. The van der Waals surface area contributed by atoms with Crippen molar-refractivity contribution >= 4 is 11.5 Å². The first kappa shape index (κ1) is 22.0. The summed E-state index contributed by atoms with van der Waals surface area (Å²) < 4.78 is 11.3. The van der Waals surface area contributed by atoms with E-state index in [4.69, 9.17) is 14.6 Å². The van der Waals surface area contributed by atoms with E-state index in [2.05, 4.69) is 26.5 Å². The van der Waals surface area contributed by atoms with Crippen LogP contribution in [-0.2, 0) is 22.7 Å². The van der Waals surface area contributed by atoms with Gasteiger partial charge < -0.3 is 19.6 Å². The summed E-state index contributed by atoms with van der Waals surface area (Å²) in [5.74, 6) is 0.541. The molecule has 2 fully saturated rings. The van der Waals surface area contributed by atoms with Crippen LogP contribution in [0.25, 0.3) is 5.57 Å². The number of carboxylic acids is 1. The second kappa shape index (κ2) is 9.60. The first-order valence-corrected chi connectivity index (χ1v) is 11.3. The number of benzene rings is 1. The minimum Gasteiger partial charge on any atom is -0.485 e. The summed E-state index contributed by atoms with van der Waals surface area (Å²) >= 11 is 0. The molecule has 0 spiro atoms. The zero-order valence-corrected chi connectivity index (χ0v) is 18.5. The Bertz CT molecular complexity index is 1250. The minimum absolute atomic E-state index is 0.0167. The van der Waals surface area contributed by atoms with E-state index in [0.29, 0.717) is 24.1 Å². The van der Waals surface area contributed by atoms with Crippen molar-refractivity contribution in [2.24, 2.45) is 5.92 Å². The van der Waals surface area contributed by atoms with Crippen molar-refractivity contribution in [1.82, 2.24) is 25.2 Å². The van der Waals surface area contributed by atoms with Gasteiger partial charge in [-0.15, -0.1) is 10.2 Å². The van der Waals surface area contributed by atoms with Crippen LogP contribution in [0.2, 0.25) is 0 Å². The van der Waals surface area contributed by atoms with Gasteiger partial charge in [0.15, 0.2) is 13.2 Å². The molecule has 10 heteroatoms. The zero-order chi connectivity index (χ0) is 23.5. The highest BCUT2D eigenvalue weighted by Gasteiger charge is 2.26. The van der Waals surface area contributed by atoms with Crippen molar-refractivity contribution in [2.45, 2.75) is 38.3 Å². The standard InChI is InChI=1S/C24H25N5O5/c30-23(31)12-29-27-22(26-28-29)14-34-18-5-3-17(4-6-18)20(11-15-9-10-33-13-15)21-8-7-19(16-1-2-16)24(32)25-21/h3-8,11,15-16H,1-2,9-10,12-14H2,(H,25,32)(H,30,31)/b20-11+/t15-/m1/s1. The lowest BCUT2D eigenvalue weighted by molar-refractivity contribution is -0.138. The second-order valence-electron chi connectivity index (χ2n) is 8.58. The van der Waals surface area contributed by atoms with Gasteiger partial charge in [0.05, 0.1) is 6.61 Å². The molecule has 0 radical (unpaired) electrons. The molecule has 176 valence electrons. The number of carbonyl (C=O) groups is 1. The van der Waals surface area contributed by atoms with Crippen LogP contribution in [0.5, 0.6) is 5.75 Å². The monoisotopic (exact) mass is 463 g/mol. The van der Waals surface area contributed by atoms with E-state index in [1.807, 2.05) is 36.4 Å². The summed E-state index contributed by atoms with van der Waals surface area (Å²) in [6, 6.07) is 11.5. The van der Waals surface area contributed by atoms with Gasteiger partial charge in [-0.25, -0.2) is 0 Å². The van der Waals surface area contributed by atoms with E-state index in [0.717, 1.165) is 53.1 Å². The number of nitrogens with zero attached hydrogens (tertiary/aromatic N) is 4. The maximum Gasteiger partial charge on any atom is 0.327 e. The number of aromatic amines is 1. The average Bonchev–Trinajstić information content (AvgIpc) is 3.34. The summed E-state index contributed by atoms with van der Waals surface area (Å²) in [6.07, 6.45) is 5.29. The molecule has 3 aromatic rings. The van der Waals surface area contributed by atoms with E-state index >= 15 is 0 Å². The van der Waals surface area contributed by atoms with Crippen molar-refractivity contribution in [2.75, 3.05) is 13.2 Å². The molecule has 10 nitrogen and oxygen atoms in total. The largest absolute Gasteiger partial charge is 0.485 e. The highest BCUT2D eigenvalue weighted by atomic mass is 16.5. The molecule has 34 heavy (non-hydrogen) atoms. The lowest BCUT2D eigenvalue weighted by Gasteiger charge is -2.13. The highest BCUT2D eigenvalue weighted by Crippen LogP contribution is 2.38. The van der Waals surface area contributed by atoms with Gasteiger partial charge in [0.1, 0.15) is 5.75 Å². The predicted molar refractivity (Wildman–Crippen MR) is 121 cm³/mol. The Kier molecular flexibility index (Phi) is 6.22. The molecule has 1 aliphatic carbocycles. The van der Waals surface area contributed by atoms with Crippen LogP contribution < -0.4 is 10.3 Å². The third-order valence-corrected chi connectivity index (χ3v) is 5.92. The van der Waals surface area contributed by atoms with Gasteiger partial charge in [-0.1, -0.05) is 24.3 Å². The summed E-state index contributed by atoms with van der Waals surface area (Å²) in [5.41, 5.74) is 3.55. The number of aromatic nitrogens is 5. The number of pyridine rings is 1. The van der Waals surface area contributed by atoms with E-state index in [1.54, 1.807) is 0 Å². The normalized spacial score (nSPS) is 18.2. The Morgan fingerprint density at radius 1 is 1.21 bits per heavy atom. The van der Waals surface area contributed by atoms with Crippen LogP contribution in [0.3, 0.4) is 0 Å². The summed E-state index contributed by atoms with van der Waals surface area (Å²) in [4.78, 5) is 27.5. The van der Waals surface area contributed by atoms with Gasteiger partial charge in [-0.3, -0.25) is 9.59 Å². The molecule has 3 heterocycles. The Labute approximate surface area is 195 Å². The molecule has 0 unspecified atom stereocenters. The molecule has 1 aromatic carbocycles. The van der Waals surface area contributed by atoms with Gasteiger partial charge in [-0.2, -0.15) is 4.80 Å². The zero-order valence-electron chi connectivity index (χ0n) is 18.5. The third-order valence-electron chi connectivity index (χ3n) is 5.92. The molecule has 5 rings (SSSR count). The molecular formula is C24H25N5O5. The molecule has 1 saturated carbocycles. The van der Waals surface area contributed by atoms with Crippen LogP contribution in [0.4, 0.5) is 0 Å². The van der Waals surface area contributed by atoms with Crippen molar-refractivity contribution in [1.29, 1.82) is 0 Å². The number of rotatable bonds is 9. The molecule has 0 amide bonds. The maximum absolute atomic E-state index is 12.7. The Balaban J connectivity index is 1.33. The van der Waals surface area contributed by atoms with Crippen molar-refractivity contribution < 1.29 is 19.4 Å². The van der Waals surface area contributed by atoms with Crippen molar-refractivity contribution in [3.05, 3.63) is 75.5 Å². The number of H-pyrrole nitrogens is 1. The number of tetrazole rings is 1. The number of hydrogen-bond donors (Lipinski definition) is 2. The molecule has 1 saturated heterocycles. The fourth-order valence-corrected chi connectivity index (χ4v) is 4.02. The minimum atomic E-state index is -1.04. The lowest BCUT2D eigenvalue weighted by atomic mass is 9.96. The average molecular weight is 463 g/mol. The van der Waals surface area contributed by atoms with E-state index < -0.39 is 5.97 Å². The molecule has 1 aliphatic heterocycles. The first-order chi connectivity index (χ1) is 16.5. The summed E-state index contributed by atoms with van der Waals surface area (Å²) in [7, 11) is 0. The smallest absolute Gasteiger partial charge is 0.327 e. The number of ether oxygens (including phenoxy) is 2. The number of carboxylic acid groups (broad SMARTS) is 1. The van der Waals surface area contributed by atoms with Crippen molar-refractivity contribution in [3.63, 3.8) is 0 Å². The molecule has 2 N–H and O–H groups in total. The second-order valence-corrected chi connectivity index (χ2v) is 8.58. The number of nitrogens with one attached hydrogen (secondary N) is 1. The van der Waals surface area contributed by atoms with Crippen LogP contribution in [0.1, 0.15) is 47.8 Å². The summed E-state index contributed by atoms with van der Waals surface area (Å²) in [5, 5.41) is 20.2. The fourth-order valence-electron chi connectivity index (χ4n) is 4.02.